The molecule has 4 aromatic heterocycles. The number of fused-ring (bicyclic) bond motifs is 1. The first-order valence-corrected chi connectivity index (χ1v) is 7.99. The van der Waals surface area contributed by atoms with Crippen molar-refractivity contribution in [3.05, 3.63) is 59.8 Å². The van der Waals surface area contributed by atoms with Crippen molar-refractivity contribution in [1.29, 1.82) is 0 Å². The van der Waals surface area contributed by atoms with Crippen LogP contribution in [0.1, 0.15) is 0 Å². The highest BCUT2D eigenvalue weighted by atomic mass is 32.1. The van der Waals surface area contributed by atoms with Crippen LogP contribution in [0.5, 0.6) is 0 Å². The zero-order valence-corrected chi connectivity index (χ0v) is 12.1. The van der Waals surface area contributed by atoms with Crippen LogP contribution < -0.4 is 0 Å². The van der Waals surface area contributed by atoms with Gasteiger partial charge in [0.2, 0.25) is 0 Å². The number of hydrogen-bond acceptors (Lipinski definition) is 4. The standard InChI is InChI=1S/C16H10N2S2/c1-5-17-6-2-11(1)13-9-19-16-14(10-20-15(13)16)12-3-7-18-8-4-12/h1-10H. The van der Waals surface area contributed by atoms with Crippen molar-refractivity contribution in [3.8, 4) is 22.3 Å². The molecule has 0 atom stereocenters. The second-order valence-corrected chi connectivity index (χ2v) is 6.19. The van der Waals surface area contributed by atoms with Crippen molar-refractivity contribution in [3.63, 3.8) is 0 Å². The summed E-state index contributed by atoms with van der Waals surface area (Å²) < 4.78 is 2.71. The minimum absolute atomic E-state index is 1.23. The van der Waals surface area contributed by atoms with Crippen molar-refractivity contribution < 1.29 is 0 Å². The quantitative estimate of drug-likeness (QED) is 0.515. The van der Waals surface area contributed by atoms with E-state index in [1.54, 1.807) is 22.7 Å². The fourth-order valence-electron chi connectivity index (χ4n) is 2.28. The van der Waals surface area contributed by atoms with E-state index in [4.69, 9.17) is 0 Å². The van der Waals surface area contributed by atoms with Crippen molar-refractivity contribution in [2.45, 2.75) is 0 Å². The molecule has 0 radical (unpaired) electrons. The van der Waals surface area contributed by atoms with Crippen LogP contribution in [0.4, 0.5) is 0 Å². The van der Waals surface area contributed by atoms with Crippen LogP contribution in [0.2, 0.25) is 0 Å². The Labute approximate surface area is 124 Å². The molecule has 4 heteroatoms. The molecule has 20 heavy (non-hydrogen) atoms. The second kappa shape index (κ2) is 4.81. The summed E-state index contributed by atoms with van der Waals surface area (Å²) in [4.78, 5) is 8.18. The Bertz CT molecular complexity index is 774. The first-order chi connectivity index (χ1) is 9.93. The largest absolute Gasteiger partial charge is 0.265 e. The molecular weight excluding hydrogens is 284 g/mol. The molecule has 2 nitrogen and oxygen atoms in total. The molecule has 4 aromatic rings. The maximum Gasteiger partial charge on any atom is 0.0535 e. The lowest BCUT2D eigenvalue weighted by Gasteiger charge is -1.96. The molecular formula is C16H10N2S2. The predicted molar refractivity (Wildman–Crippen MR) is 86.2 cm³/mol. The van der Waals surface area contributed by atoms with Gasteiger partial charge in [-0.1, -0.05) is 0 Å². The normalized spacial score (nSPS) is 11.0. The van der Waals surface area contributed by atoms with Crippen molar-refractivity contribution >= 4 is 32.1 Å². The topological polar surface area (TPSA) is 25.8 Å². The van der Waals surface area contributed by atoms with Gasteiger partial charge in [0.15, 0.2) is 0 Å². The second-order valence-electron chi connectivity index (χ2n) is 4.43. The van der Waals surface area contributed by atoms with E-state index in [1.165, 1.54) is 31.7 Å². The van der Waals surface area contributed by atoms with Gasteiger partial charge in [0.1, 0.15) is 0 Å². The molecule has 0 aromatic carbocycles. The lowest BCUT2D eigenvalue weighted by molar-refractivity contribution is 1.33. The van der Waals surface area contributed by atoms with E-state index in [0.717, 1.165) is 0 Å². The van der Waals surface area contributed by atoms with Crippen LogP contribution in [0.25, 0.3) is 31.7 Å². The molecule has 0 N–H and O–H groups in total. The number of thiophene rings is 2. The average molecular weight is 294 g/mol. The van der Waals surface area contributed by atoms with Gasteiger partial charge < -0.3 is 0 Å². The molecule has 0 amide bonds. The first-order valence-electron chi connectivity index (χ1n) is 6.23. The molecule has 0 spiro atoms. The van der Waals surface area contributed by atoms with Gasteiger partial charge in [-0.15, -0.1) is 22.7 Å². The van der Waals surface area contributed by atoms with Crippen LogP contribution in [-0.4, -0.2) is 9.97 Å². The van der Waals surface area contributed by atoms with Crippen LogP contribution in [0, 0.1) is 0 Å². The van der Waals surface area contributed by atoms with Crippen LogP contribution in [0.15, 0.2) is 59.8 Å². The summed E-state index contributed by atoms with van der Waals surface area (Å²) >= 11 is 3.61. The Hall–Kier alpha value is -2.04. The van der Waals surface area contributed by atoms with Crippen LogP contribution in [-0.2, 0) is 0 Å². The summed E-state index contributed by atoms with van der Waals surface area (Å²) in [6.07, 6.45) is 7.37. The Morgan fingerprint density at radius 2 is 1.00 bits per heavy atom. The molecule has 0 bridgehead atoms. The van der Waals surface area contributed by atoms with Gasteiger partial charge in [0.05, 0.1) is 9.40 Å². The van der Waals surface area contributed by atoms with Gasteiger partial charge >= 0.3 is 0 Å². The van der Waals surface area contributed by atoms with Gasteiger partial charge in [-0.3, -0.25) is 9.97 Å². The number of pyridine rings is 2. The Kier molecular flexibility index (Phi) is 2.83. The molecule has 0 saturated heterocycles. The third-order valence-corrected chi connectivity index (χ3v) is 5.42. The first kappa shape index (κ1) is 11.8. The van der Waals surface area contributed by atoms with Gasteiger partial charge in [0.25, 0.3) is 0 Å². The SMILES string of the molecule is c1cc(-c2csc3c(-c4ccncc4)csc23)ccn1. The Morgan fingerprint density at radius 3 is 1.40 bits per heavy atom. The lowest BCUT2D eigenvalue weighted by atomic mass is 10.1. The van der Waals surface area contributed by atoms with E-state index in [-0.39, 0.29) is 0 Å². The summed E-state index contributed by atoms with van der Waals surface area (Å²) in [6.45, 7) is 0. The fraction of sp³-hybridized carbons (Fsp3) is 0. The number of rotatable bonds is 2. The molecule has 4 rings (SSSR count). The molecule has 0 aliphatic rings. The zero-order valence-electron chi connectivity index (χ0n) is 10.5. The Balaban J connectivity index is 1.91. The summed E-state index contributed by atoms with van der Waals surface area (Å²) in [5, 5.41) is 4.47. The zero-order chi connectivity index (χ0) is 13.4. The van der Waals surface area contributed by atoms with Crippen LogP contribution >= 0.6 is 22.7 Å². The molecule has 0 aliphatic heterocycles. The highest BCUT2D eigenvalue weighted by Gasteiger charge is 2.13. The number of nitrogens with zero attached hydrogens (tertiary/aromatic N) is 2. The molecule has 0 unspecified atom stereocenters. The van der Waals surface area contributed by atoms with Gasteiger partial charge in [-0.05, 0) is 35.4 Å². The van der Waals surface area contributed by atoms with Crippen molar-refractivity contribution in [2.75, 3.05) is 0 Å². The third-order valence-electron chi connectivity index (χ3n) is 3.27. The maximum atomic E-state index is 4.09. The predicted octanol–water partition coefficient (Wildman–Crippen LogP) is 5.09. The van der Waals surface area contributed by atoms with E-state index in [0.29, 0.717) is 0 Å². The highest BCUT2D eigenvalue weighted by Crippen LogP contribution is 2.43. The van der Waals surface area contributed by atoms with Gasteiger partial charge in [-0.25, -0.2) is 0 Å². The van der Waals surface area contributed by atoms with Crippen molar-refractivity contribution in [1.82, 2.24) is 9.97 Å². The smallest absolute Gasteiger partial charge is 0.0535 e. The minimum atomic E-state index is 1.23. The summed E-state index contributed by atoms with van der Waals surface area (Å²) in [5.41, 5.74) is 5.07. The van der Waals surface area contributed by atoms with E-state index in [9.17, 15) is 0 Å². The minimum Gasteiger partial charge on any atom is -0.265 e. The number of aromatic nitrogens is 2. The van der Waals surface area contributed by atoms with Crippen molar-refractivity contribution in [2.24, 2.45) is 0 Å². The highest BCUT2D eigenvalue weighted by molar-refractivity contribution is 7.27. The fourth-order valence-corrected chi connectivity index (χ4v) is 4.74. The van der Waals surface area contributed by atoms with E-state index in [2.05, 4.69) is 45.0 Å². The summed E-state index contributed by atoms with van der Waals surface area (Å²) in [6, 6.07) is 8.25. The molecule has 0 saturated carbocycles. The summed E-state index contributed by atoms with van der Waals surface area (Å²) in [7, 11) is 0. The summed E-state index contributed by atoms with van der Waals surface area (Å²) in [5.74, 6) is 0. The monoisotopic (exact) mass is 294 g/mol. The molecule has 0 fully saturated rings. The van der Waals surface area contributed by atoms with Gasteiger partial charge in [-0.2, -0.15) is 0 Å². The Morgan fingerprint density at radius 1 is 0.600 bits per heavy atom. The molecule has 4 heterocycles. The van der Waals surface area contributed by atoms with E-state index >= 15 is 0 Å². The van der Waals surface area contributed by atoms with Crippen LogP contribution in [0.3, 0.4) is 0 Å². The number of hydrogen-bond donors (Lipinski definition) is 0. The van der Waals surface area contributed by atoms with Gasteiger partial charge in [0, 0.05) is 46.7 Å². The lowest BCUT2D eigenvalue weighted by Crippen LogP contribution is -1.74. The molecule has 0 aliphatic carbocycles. The molecule has 96 valence electrons. The average Bonchev–Trinajstić information content (AvgIpc) is 3.10. The van der Waals surface area contributed by atoms with E-state index in [1.807, 2.05) is 24.8 Å². The van der Waals surface area contributed by atoms with E-state index < -0.39 is 0 Å². The maximum absolute atomic E-state index is 4.09. The third kappa shape index (κ3) is 1.85.